The van der Waals surface area contributed by atoms with Crippen LogP contribution in [0.15, 0.2) is 30.3 Å². The summed E-state index contributed by atoms with van der Waals surface area (Å²) in [6.07, 6.45) is 0.139. The Morgan fingerprint density at radius 3 is 2.31 bits per heavy atom. The van der Waals surface area contributed by atoms with E-state index >= 15 is 0 Å². The fourth-order valence-electron chi connectivity index (χ4n) is 3.54. The number of carbonyl (C=O) groups is 5. The molecule has 1 fully saturated rings. The monoisotopic (exact) mass is 448 g/mol. The summed E-state index contributed by atoms with van der Waals surface area (Å²) < 4.78 is 0. The zero-order chi connectivity index (χ0) is 23.8. The highest BCUT2D eigenvalue weighted by atomic mass is 16.4. The summed E-state index contributed by atoms with van der Waals surface area (Å²) in [5.74, 6) is -4.70. The van der Waals surface area contributed by atoms with Crippen LogP contribution in [0.1, 0.15) is 31.7 Å². The highest BCUT2D eigenvalue weighted by Gasteiger charge is 2.37. The van der Waals surface area contributed by atoms with E-state index in [0.29, 0.717) is 24.9 Å². The van der Waals surface area contributed by atoms with Crippen LogP contribution in [0, 0.1) is 0 Å². The van der Waals surface area contributed by atoms with Gasteiger partial charge in [-0.05, 0) is 25.3 Å². The minimum Gasteiger partial charge on any atom is -0.481 e. The number of carboxylic acid groups (broad SMARTS) is 2. The van der Waals surface area contributed by atoms with Crippen LogP contribution in [-0.4, -0.2) is 75.5 Å². The van der Waals surface area contributed by atoms with Gasteiger partial charge < -0.3 is 31.5 Å². The van der Waals surface area contributed by atoms with Gasteiger partial charge in [0, 0.05) is 13.0 Å². The van der Waals surface area contributed by atoms with E-state index < -0.39 is 60.2 Å². The van der Waals surface area contributed by atoms with Crippen LogP contribution < -0.4 is 16.4 Å². The number of likely N-dealkylation sites (tertiary alicyclic amines) is 1. The molecule has 32 heavy (non-hydrogen) atoms. The zero-order valence-corrected chi connectivity index (χ0v) is 17.7. The Bertz CT molecular complexity index is 859. The molecule has 4 atom stereocenters. The van der Waals surface area contributed by atoms with E-state index in [0.717, 1.165) is 0 Å². The van der Waals surface area contributed by atoms with Crippen molar-refractivity contribution in [3.05, 3.63) is 35.9 Å². The van der Waals surface area contributed by atoms with E-state index in [1.54, 1.807) is 30.3 Å². The number of benzene rings is 1. The Morgan fingerprint density at radius 1 is 1.09 bits per heavy atom. The number of amides is 3. The molecule has 6 N–H and O–H groups in total. The second-order valence-electron chi connectivity index (χ2n) is 7.73. The molecule has 174 valence electrons. The summed E-state index contributed by atoms with van der Waals surface area (Å²) >= 11 is 0. The first kappa shape index (κ1) is 24.8. The number of hydrogen-bond acceptors (Lipinski definition) is 6. The SMILES string of the molecule is CC(N)C(=O)N1CCCC1C(=O)NC(CC(=O)O)C(=O)NC(Cc1ccccc1)C(=O)O. The summed E-state index contributed by atoms with van der Waals surface area (Å²) in [7, 11) is 0. The van der Waals surface area contributed by atoms with Crippen molar-refractivity contribution in [1.82, 2.24) is 15.5 Å². The smallest absolute Gasteiger partial charge is 0.326 e. The van der Waals surface area contributed by atoms with Gasteiger partial charge in [0.15, 0.2) is 0 Å². The zero-order valence-electron chi connectivity index (χ0n) is 17.7. The minimum atomic E-state index is -1.51. The fraction of sp³-hybridized carbons (Fsp3) is 0.476. The van der Waals surface area contributed by atoms with Crippen LogP contribution in [0.5, 0.6) is 0 Å². The highest BCUT2D eigenvalue weighted by molar-refractivity contribution is 5.95. The van der Waals surface area contributed by atoms with Crippen LogP contribution in [0.2, 0.25) is 0 Å². The van der Waals surface area contributed by atoms with Gasteiger partial charge in [0.1, 0.15) is 18.1 Å². The molecule has 0 bridgehead atoms. The van der Waals surface area contributed by atoms with Crippen molar-refractivity contribution in [3.63, 3.8) is 0 Å². The fourth-order valence-corrected chi connectivity index (χ4v) is 3.54. The summed E-state index contributed by atoms with van der Waals surface area (Å²) in [5, 5.41) is 23.3. The Hall–Kier alpha value is -3.47. The standard InChI is InChI=1S/C21H28N4O7/c1-12(22)20(30)25-9-5-8-16(25)19(29)23-14(11-17(26)27)18(28)24-15(21(31)32)10-13-6-3-2-4-7-13/h2-4,6-7,12,14-16H,5,8-11,22H2,1H3,(H,23,29)(H,24,28)(H,26,27)(H,31,32). The molecule has 2 rings (SSSR count). The first-order chi connectivity index (χ1) is 15.1. The number of carboxylic acids is 2. The highest BCUT2D eigenvalue weighted by Crippen LogP contribution is 2.18. The summed E-state index contributed by atoms with van der Waals surface area (Å²) in [6, 6.07) is 4.09. The third-order valence-electron chi connectivity index (χ3n) is 5.14. The first-order valence-electron chi connectivity index (χ1n) is 10.3. The number of nitrogens with zero attached hydrogens (tertiary/aromatic N) is 1. The summed E-state index contributed by atoms with van der Waals surface area (Å²) in [4.78, 5) is 61.9. The van der Waals surface area contributed by atoms with Gasteiger partial charge in [-0.3, -0.25) is 19.2 Å². The Morgan fingerprint density at radius 2 is 1.75 bits per heavy atom. The summed E-state index contributed by atoms with van der Waals surface area (Å²) in [5.41, 5.74) is 6.28. The molecule has 0 aliphatic carbocycles. The normalized spacial score (nSPS) is 18.3. The molecular weight excluding hydrogens is 420 g/mol. The molecule has 1 saturated heterocycles. The number of aliphatic carboxylic acids is 2. The predicted octanol–water partition coefficient (Wildman–Crippen LogP) is -0.904. The Balaban J connectivity index is 2.11. The lowest BCUT2D eigenvalue weighted by Gasteiger charge is -2.27. The van der Waals surface area contributed by atoms with Gasteiger partial charge in [-0.15, -0.1) is 0 Å². The number of hydrogen-bond donors (Lipinski definition) is 5. The van der Waals surface area contributed by atoms with Crippen molar-refractivity contribution in [2.45, 2.75) is 56.8 Å². The first-order valence-corrected chi connectivity index (χ1v) is 10.3. The van der Waals surface area contributed by atoms with Gasteiger partial charge in [0.2, 0.25) is 17.7 Å². The number of nitrogens with two attached hydrogens (primary N) is 1. The Labute approximate surface area is 184 Å². The van der Waals surface area contributed by atoms with Crippen LogP contribution >= 0.6 is 0 Å². The average Bonchev–Trinajstić information content (AvgIpc) is 3.22. The number of nitrogens with one attached hydrogen (secondary N) is 2. The lowest BCUT2D eigenvalue weighted by Crippen LogP contribution is -2.57. The lowest BCUT2D eigenvalue weighted by molar-refractivity contribution is -0.144. The molecule has 1 aliphatic rings. The second-order valence-corrected chi connectivity index (χ2v) is 7.73. The topological polar surface area (TPSA) is 179 Å². The maximum absolute atomic E-state index is 12.8. The molecule has 1 aromatic rings. The lowest BCUT2D eigenvalue weighted by atomic mass is 10.0. The van der Waals surface area contributed by atoms with Crippen LogP contribution in [-0.2, 0) is 30.4 Å². The molecule has 0 spiro atoms. The van der Waals surface area contributed by atoms with Gasteiger partial charge in [-0.1, -0.05) is 30.3 Å². The third kappa shape index (κ3) is 6.77. The molecule has 1 aromatic carbocycles. The van der Waals surface area contributed by atoms with Crippen LogP contribution in [0.3, 0.4) is 0 Å². The molecule has 0 aromatic heterocycles. The molecule has 0 saturated carbocycles. The molecule has 11 nitrogen and oxygen atoms in total. The third-order valence-corrected chi connectivity index (χ3v) is 5.14. The Kier molecular flexibility index (Phi) is 8.71. The summed E-state index contributed by atoms with van der Waals surface area (Å²) in [6.45, 7) is 1.82. The van der Waals surface area contributed by atoms with Crippen molar-refractivity contribution in [2.75, 3.05) is 6.54 Å². The van der Waals surface area contributed by atoms with E-state index in [2.05, 4.69) is 10.6 Å². The molecule has 11 heteroatoms. The predicted molar refractivity (Wildman–Crippen MR) is 112 cm³/mol. The molecule has 1 heterocycles. The van der Waals surface area contributed by atoms with E-state index in [1.807, 2.05) is 0 Å². The largest absolute Gasteiger partial charge is 0.481 e. The van der Waals surface area contributed by atoms with Crippen LogP contribution in [0.4, 0.5) is 0 Å². The van der Waals surface area contributed by atoms with E-state index in [-0.39, 0.29) is 6.42 Å². The van der Waals surface area contributed by atoms with Crippen molar-refractivity contribution in [3.8, 4) is 0 Å². The van der Waals surface area contributed by atoms with E-state index in [4.69, 9.17) is 5.73 Å². The second kappa shape index (κ2) is 11.2. The van der Waals surface area contributed by atoms with Gasteiger partial charge in [-0.25, -0.2) is 4.79 Å². The van der Waals surface area contributed by atoms with Crippen molar-refractivity contribution < 1.29 is 34.2 Å². The molecular formula is C21H28N4O7. The van der Waals surface area contributed by atoms with Gasteiger partial charge in [-0.2, -0.15) is 0 Å². The molecule has 4 unspecified atom stereocenters. The molecule has 0 radical (unpaired) electrons. The van der Waals surface area contributed by atoms with Gasteiger partial charge in [0.05, 0.1) is 12.5 Å². The van der Waals surface area contributed by atoms with Crippen molar-refractivity contribution in [1.29, 1.82) is 0 Å². The van der Waals surface area contributed by atoms with Crippen LogP contribution in [0.25, 0.3) is 0 Å². The molecule has 3 amide bonds. The molecule has 1 aliphatic heterocycles. The van der Waals surface area contributed by atoms with E-state index in [1.165, 1.54) is 11.8 Å². The maximum atomic E-state index is 12.8. The van der Waals surface area contributed by atoms with Gasteiger partial charge >= 0.3 is 11.9 Å². The average molecular weight is 448 g/mol. The maximum Gasteiger partial charge on any atom is 0.326 e. The number of rotatable bonds is 10. The van der Waals surface area contributed by atoms with Crippen molar-refractivity contribution >= 4 is 29.7 Å². The van der Waals surface area contributed by atoms with E-state index in [9.17, 15) is 34.2 Å². The minimum absolute atomic E-state index is 0.0189. The number of carbonyl (C=O) groups excluding carboxylic acids is 3. The quantitative estimate of drug-likeness (QED) is 0.305. The van der Waals surface area contributed by atoms with Crippen molar-refractivity contribution in [2.24, 2.45) is 5.73 Å². The van der Waals surface area contributed by atoms with Gasteiger partial charge in [0.25, 0.3) is 0 Å².